The number of guanidine groups is 1. The number of alkyl halides is 2. The van der Waals surface area contributed by atoms with Gasteiger partial charge in [0.2, 0.25) is 6.79 Å². The van der Waals surface area contributed by atoms with E-state index in [9.17, 15) is 8.78 Å². The van der Waals surface area contributed by atoms with Gasteiger partial charge in [-0.3, -0.25) is 9.67 Å². The highest BCUT2D eigenvalue weighted by atomic mass is 127. The van der Waals surface area contributed by atoms with Crippen molar-refractivity contribution < 1.29 is 23.0 Å². The molecular formula is C17H22F2IN5O3. The molecular weight excluding hydrogens is 487 g/mol. The third-order valence-electron chi connectivity index (χ3n) is 3.91. The zero-order chi connectivity index (χ0) is 19.2. The van der Waals surface area contributed by atoms with E-state index in [1.54, 1.807) is 24.0 Å². The van der Waals surface area contributed by atoms with E-state index in [4.69, 9.17) is 9.47 Å². The molecule has 0 saturated carbocycles. The minimum Gasteiger partial charge on any atom is -0.454 e. The van der Waals surface area contributed by atoms with Crippen LogP contribution >= 0.6 is 24.0 Å². The van der Waals surface area contributed by atoms with Crippen molar-refractivity contribution in [2.45, 2.75) is 19.6 Å². The molecule has 0 unspecified atom stereocenters. The minimum absolute atomic E-state index is 0. The highest BCUT2D eigenvalue weighted by Gasteiger charge is 2.20. The Labute approximate surface area is 178 Å². The Morgan fingerprint density at radius 2 is 2.07 bits per heavy atom. The Bertz CT molecular complexity index is 816. The predicted octanol–water partition coefficient (Wildman–Crippen LogP) is 2.28. The number of aliphatic imine (C=N–C) groups is 1. The molecule has 1 aliphatic rings. The van der Waals surface area contributed by atoms with E-state index >= 15 is 0 Å². The zero-order valence-electron chi connectivity index (χ0n) is 15.4. The topological polar surface area (TPSA) is 81.9 Å². The third kappa shape index (κ3) is 5.84. The summed E-state index contributed by atoms with van der Waals surface area (Å²) in [5.74, 6) is 1.45. The molecule has 0 atom stereocenters. The molecule has 0 amide bonds. The van der Waals surface area contributed by atoms with Crippen molar-refractivity contribution in [3.05, 3.63) is 35.7 Å². The third-order valence-corrected chi connectivity index (χ3v) is 3.91. The molecule has 1 aromatic carbocycles. The first-order chi connectivity index (χ1) is 13.0. The van der Waals surface area contributed by atoms with E-state index < -0.39 is 6.61 Å². The Balaban J connectivity index is 0.00000280. The molecule has 28 heavy (non-hydrogen) atoms. The quantitative estimate of drug-likeness (QED) is 0.339. The second-order valence-corrected chi connectivity index (χ2v) is 5.82. The van der Waals surface area contributed by atoms with Gasteiger partial charge in [0.25, 0.3) is 0 Å². The molecule has 0 aliphatic carbocycles. The number of ether oxygens (including phenoxy) is 3. The summed E-state index contributed by atoms with van der Waals surface area (Å²) in [6, 6.07) is 3.03. The van der Waals surface area contributed by atoms with Crippen molar-refractivity contribution >= 4 is 29.9 Å². The molecule has 0 saturated heterocycles. The van der Waals surface area contributed by atoms with Gasteiger partial charge in [0.05, 0.1) is 6.20 Å². The van der Waals surface area contributed by atoms with Gasteiger partial charge in [0.15, 0.2) is 17.5 Å². The first-order valence-electron chi connectivity index (χ1n) is 8.34. The van der Waals surface area contributed by atoms with Gasteiger partial charge in [-0.1, -0.05) is 0 Å². The fourth-order valence-corrected chi connectivity index (χ4v) is 2.64. The van der Waals surface area contributed by atoms with Gasteiger partial charge < -0.3 is 24.8 Å². The van der Waals surface area contributed by atoms with Crippen LogP contribution in [0.1, 0.15) is 11.1 Å². The van der Waals surface area contributed by atoms with E-state index in [0.717, 1.165) is 12.0 Å². The van der Waals surface area contributed by atoms with Gasteiger partial charge in [-0.05, 0) is 18.1 Å². The Hall–Kier alpha value is -2.31. The van der Waals surface area contributed by atoms with Crippen LogP contribution in [0.4, 0.5) is 8.78 Å². The average Bonchev–Trinajstić information content (AvgIpc) is 3.25. The van der Waals surface area contributed by atoms with Crippen LogP contribution in [0.15, 0.2) is 29.5 Å². The van der Waals surface area contributed by atoms with Crippen LogP contribution in [0.2, 0.25) is 0 Å². The lowest BCUT2D eigenvalue weighted by molar-refractivity contribution is -0.0505. The molecule has 3 rings (SSSR count). The Morgan fingerprint density at radius 1 is 1.32 bits per heavy atom. The summed E-state index contributed by atoms with van der Waals surface area (Å²) in [5, 5.41) is 10.4. The van der Waals surface area contributed by atoms with E-state index in [0.29, 0.717) is 29.6 Å². The summed E-state index contributed by atoms with van der Waals surface area (Å²) in [4.78, 5) is 4.13. The van der Waals surface area contributed by atoms with Crippen LogP contribution in [0.5, 0.6) is 17.2 Å². The zero-order valence-corrected chi connectivity index (χ0v) is 17.8. The maximum Gasteiger partial charge on any atom is 0.387 e. The average molecular weight is 509 g/mol. The van der Waals surface area contributed by atoms with Crippen molar-refractivity contribution in [1.29, 1.82) is 0 Å². The van der Waals surface area contributed by atoms with Crippen molar-refractivity contribution in [2.24, 2.45) is 12.0 Å². The van der Waals surface area contributed by atoms with Crippen molar-refractivity contribution in [3.63, 3.8) is 0 Å². The van der Waals surface area contributed by atoms with E-state index in [1.165, 1.54) is 6.07 Å². The first-order valence-corrected chi connectivity index (χ1v) is 8.34. The van der Waals surface area contributed by atoms with Crippen LogP contribution in [0.25, 0.3) is 0 Å². The van der Waals surface area contributed by atoms with Crippen molar-refractivity contribution in [2.75, 3.05) is 20.4 Å². The first kappa shape index (κ1) is 22.0. The monoisotopic (exact) mass is 509 g/mol. The number of nitrogens with one attached hydrogen (secondary N) is 2. The highest BCUT2D eigenvalue weighted by molar-refractivity contribution is 14.0. The highest BCUT2D eigenvalue weighted by Crippen LogP contribution is 2.38. The maximum atomic E-state index is 12.7. The molecule has 0 spiro atoms. The normalized spacial score (nSPS) is 12.7. The number of benzene rings is 1. The lowest BCUT2D eigenvalue weighted by atomic mass is 10.1. The van der Waals surface area contributed by atoms with E-state index in [1.807, 2.05) is 13.2 Å². The molecule has 2 aromatic rings. The molecule has 154 valence electrons. The number of hydrogen-bond donors (Lipinski definition) is 2. The molecule has 0 radical (unpaired) electrons. The van der Waals surface area contributed by atoms with Crippen molar-refractivity contribution in [1.82, 2.24) is 20.4 Å². The molecule has 8 nitrogen and oxygen atoms in total. The van der Waals surface area contributed by atoms with Crippen LogP contribution < -0.4 is 24.8 Å². The van der Waals surface area contributed by atoms with Gasteiger partial charge >= 0.3 is 6.61 Å². The number of fused-ring (bicyclic) bond motifs is 1. The summed E-state index contributed by atoms with van der Waals surface area (Å²) in [6.07, 6.45) is 4.52. The minimum atomic E-state index is -2.93. The van der Waals surface area contributed by atoms with Crippen LogP contribution in [0, 0.1) is 0 Å². The summed E-state index contributed by atoms with van der Waals surface area (Å²) >= 11 is 0. The van der Waals surface area contributed by atoms with Gasteiger partial charge in [-0.15, -0.1) is 24.0 Å². The number of hydrogen-bond acceptors (Lipinski definition) is 5. The van der Waals surface area contributed by atoms with Gasteiger partial charge in [-0.2, -0.15) is 13.9 Å². The lowest BCUT2D eigenvalue weighted by Crippen LogP contribution is -2.37. The lowest BCUT2D eigenvalue weighted by Gasteiger charge is -2.15. The van der Waals surface area contributed by atoms with Crippen molar-refractivity contribution in [3.8, 4) is 17.2 Å². The predicted molar refractivity (Wildman–Crippen MR) is 110 cm³/mol. The SMILES string of the molecule is CN=C(NCCc1cnn(C)c1)NCc1cc2c(cc1OC(F)F)OCO2.I. The van der Waals surface area contributed by atoms with E-state index in [-0.39, 0.29) is 43.1 Å². The number of rotatable bonds is 7. The number of aryl methyl sites for hydroxylation is 1. The largest absolute Gasteiger partial charge is 0.454 e. The summed E-state index contributed by atoms with van der Waals surface area (Å²) in [6.45, 7) is -2.00. The number of nitrogens with zero attached hydrogens (tertiary/aromatic N) is 3. The number of aromatic nitrogens is 2. The smallest absolute Gasteiger partial charge is 0.387 e. The Morgan fingerprint density at radius 3 is 2.71 bits per heavy atom. The molecule has 0 bridgehead atoms. The molecule has 0 fully saturated rings. The van der Waals surface area contributed by atoms with E-state index in [2.05, 4.69) is 25.5 Å². The second-order valence-electron chi connectivity index (χ2n) is 5.82. The van der Waals surface area contributed by atoms with Gasteiger partial charge in [0, 0.05) is 45.0 Å². The van der Waals surface area contributed by atoms with Crippen LogP contribution in [-0.4, -0.2) is 42.7 Å². The molecule has 1 aliphatic heterocycles. The van der Waals surface area contributed by atoms with Crippen LogP contribution in [-0.2, 0) is 20.0 Å². The summed E-state index contributed by atoms with van der Waals surface area (Å²) in [7, 11) is 3.50. The number of halogens is 3. The van der Waals surface area contributed by atoms with Crippen LogP contribution in [0.3, 0.4) is 0 Å². The molecule has 1 aromatic heterocycles. The second kappa shape index (κ2) is 10.3. The maximum absolute atomic E-state index is 12.7. The summed E-state index contributed by atoms with van der Waals surface area (Å²) in [5.41, 5.74) is 1.61. The Kier molecular flexibility index (Phi) is 8.08. The fraction of sp³-hybridized carbons (Fsp3) is 0.412. The summed E-state index contributed by atoms with van der Waals surface area (Å²) < 4.78 is 42.2. The molecule has 11 heteroatoms. The molecule has 2 N–H and O–H groups in total. The fourth-order valence-electron chi connectivity index (χ4n) is 2.64. The standard InChI is InChI=1S/C17H21F2N5O3.HI/c1-20-17(21-4-3-11-7-23-24(2)9-11)22-8-12-5-14-15(26-10-25-14)6-13(12)27-16(18)19;/h5-7,9,16H,3-4,8,10H2,1-2H3,(H2,20,21,22);1H. The molecule has 2 heterocycles. The van der Waals surface area contributed by atoms with Gasteiger partial charge in [-0.25, -0.2) is 0 Å². The van der Waals surface area contributed by atoms with Gasteiger partial charge in [0.1, 0.15) is 5.75 Å².